The van der Waals surface area contributed by atoms with Gasteiger partial charge in [-0.25, -0.2) is 4.79 Å². The molecule has 0 aromatic heterocycles. The summed E-state index contributed by atoms with van der Waals surface area (Å²) in [6.07, 6.45) is 1.19. The lowest BCUT2D eigenvalue weighted by atomic mass is 10.00. The fraction of sp³-hybridized carbons (Fsp3) is 0.717. The Kier molecular flexibility index (Phi) is 42.3. The zero-order chi connectivity index (χ0) is 69.0. The maximum atomic E-state index is 14.5. The molecule has 38 heteroatoms. The number of carbonyl (C=O) groups is 10. The topological polar surface area (TPSA) is 713 Å². The van der Waals surface area contributed by atoms with Crippen LogP contribution in [0.3, 0.4) is 0 Å². The number of nitrogens with zero attached hydrogens (tertiary/aromatic N) is 5. The Balaban J connectivity index is 7.27. The molecule has 0 aliphatic rings. The van der Waals surface area contributed by atoms with Crippen molar-refractivity contribution in [2.75, 3.05) is 45.8 Å². The van der Waals surface area contributed by atoms with Gasteiger partial charge in [-0.1, -0.05) is 13.8 Å². The van der Waals surface area contributed by atoms with E-state index in [-0.39, 0.29) is 152 Å². The zero-order valence-electron chi connectivity index (χ0n) is 52.5. The van der Waals surface area contributed by atoms with Crippen molar-refractivity contribution in [2.45, 2.75) is 190 Å². The maximum Gasteiger partial charge on any atom is 0.326 e. The molecule has 0 radical (unpaired) electrons. The quantitative estimate of drug-likeness (QED) is 0.0153. The summed E-state index contributed by atoms with van der Waals surface area (Å²) in [4.78, 5) is 157. The number of amides is 9. The third-order valence-electron chi connectivity index (χ3n) is 13.4. The Bertz CT molecular complexity index is 2440. The molecule has 0 spiro atoms. The first-order chi connectivity index (χ1) is 42.9. The lowest BCUT2D eigenvalue weighted by Gasteiger charge is -2.28. The third-order valence-corrected chi connectivity index (χ3v) is 13.4. The maximum absolute atomic E-state index is 14.5. The molecule has 9 atom stereocenters. The average Bonchev–Trinajstić information content (AvgIpc) is 1.28. The van der Waals surface area contributed by atoms with Gasteiger partial charge in [0, 0.05) is 39.1 Å². The third kappa shape index (κ3) is 39.5. The largest absolute Gasteiger partial charge is 0.480 e. The summed E-state index contributed by atoms with van der Waals surface area (Å²) in [5, 5.41) is 30.8. The molecule has 0 fully saturated rings. The first kappa shape index (κ1) is 81.9. The molecule has 518 valence electrons. The number of nitrogens with one attached hydrogen (secondary N) is 8. The number of guanidine groups is 5. The zero-order valence-corrected chi connectivity index (χ0v) is 52.5. The van der Waals surface area contributed by atoms with Crippen molar-refractivity contribution in [3.05, 3.63) is 0 Å². The number of carbonyl (C=O) groups excluding carboxylic acids is 9. The number of aliphatic carboxylic acids is 1. The van der Waals surface area contributed by atoms with E-state index < -0.39 is 126 Å². The second-order valence-corrected chi connectivity index (χ2v) is 21.9. The first-order valence-corrected chi connectivity index (χ1v) is 30.3. The van der Waals surface area contributed by atoms with Crippen molar-refractivity contribution in [1.29, 1.82) is 0 Å². The van der Waals surface area contributed by atoms with Gasteiger partial charge in [-0.05, 0) is 135 Å². The molecule has 38 nitrogen and oxygen atoms in total. The van der Waals surface area contributed by atoms with Gasteiger partial charge in [-0.15, -0.1) is 0 Å². The van der Waals surface area contributed by atoms with Gasteiger partial charge < -0.3 is 128 Å². The van der Waals surface area contributed by atoms with Gasteiger partial charge in [0.05, 0.1) is 6.04 Å². The van der Waals surface area contributed by atoms with E-state index in [9.17, 15) is 53.1 Å². The van der Waals surface area contributed by atoms with Crippen molar-refractivity contribution in [3.8, 4) is 0 Å². The van der Waals surface area contributed by atoms with E-state index in [1.54, 1.807) is 13.8 Å². The number of hydrogen-bond donors (Lipinski definition) is 23. The monoisotopic (exact) mass is 1300 g/mol. The molecule has 0 saturated heterocycles. The summed E-state index contributed by atoms with van der Waals surface area (Å²) >= 11 is 0. The van der Waals surface area contributed by atoms with Gasteiger partial charge in [0.15, 0.2) is 29.8 Å². The number of primary amides is 1. The van der Waals surface area contributed by atoms with Crippen LogP contribution in [0.4, 0.5) is 0 Å². The molecule has 0 rings (SSSR count). The highest BCUT2D eigenvalue weighted by Gasteiger charge is 2.35. The molecule has 91 heavy (non-hydrogen) atoms. The lowest BCUT2D eigenvalue weighted by molar-refractivity contribution is -0.142. The van der Waals surface area contributed by atoms with Crippen molar-refractivity contribution in [1.82, 2.24) is 42.5 Å². The van der Waals surface area contributed by atoms with Crippen LogP contribution >= 0.6 is 0 Å². The molecule has 0 aliphatic heterocycles. The van der Waals surface area contributed by atoms with Gasteiger partial charge in [-0.3, -0.25) is 68.1 Å². The number of carboxylic acid groups (broad SMARTS) is 1. The summed E-state index contributed by atoms with van der Waals surface area (Å²) in [7, 11) is 0. The van der Waals surface area contributed by atoms with Crippen molar-refractivity contribution in [2.24, 2.45) is 111 Å². The lowest BCUT2D eigenvalue weighted by Crippen LogP contribution is -2.60. The minimum Gasteiger partial charge on any atom is -0.480 e. The highest BCUT2D eigenvalue weighted by Crippen LogP contribution is 2.13. The van der Waals surface area contributed by atoms with Crippen molar-refractivity contribution < 1.29 is 53.1 Å². The molecule has 0 heterocycles. The normalized spacial score (nSPS) is 13.8. The second kappa shape index (κ2) is 47.0. The fourth-order valence-electron chi connectivity index (χ4n) is 8.70. The van der Waals surface area contributed by atoms with Crippen LogP contribution in [0.2, 0.25) is 0 Å². The molecular weight excluding hydrogens is 1190 g/mol. The van der Waals surface area contributed by atoms with E-state index in [0.29, 0.717) is 38.6 Å². The molecule has 0 bridgehead atoms. The van der Waals surface area contributed by atoms with Gasteiger partial charge >= 0.3 is 5.97 Å². The molecule has 0 saturated carbocycles. The summed E-state index contributed by atoms with van der Waals surface area (Å²) in [5.41, 5.74) is 77.9. The van der Waals surface area contributed by atoms with E-state index in [0.717, 1.165) is 0 Å². The van der Waals surface area contributed by atoms with Crippen LogP contribution in [-0.2, 0) is 47.9 Å². The highest BCUT2D eigenvalue weighted by molar-refractivity contribution is 5.98. The highest BCUT2D eigenvalue weighted by atomic mass is 16.4. The molecule has 37 N–H and O–H groups in total. The van der Waals surface area contributed by atoms with Gasteiger partial charge in [-0.2, -0.15) is 0 Å². The van der Waals surface area contributed by atoms with Gasteiger partial charge in [0.25, 0.3) is 0 Å². The van der Waals surface area contributed by atoms with Crippen LogP contribution in [0.25, 0.3) is 0 Å². The van der Waals surface area contributed by atoms with E-state index >= 15 is 0 Å². The summed E-state index contributed by atoms with van der Waals surface area (Å²) in [6, 6.07) is -12.4. The minimum absolute atomic E-state index is 0.00186. The molecule has 9 amide bonds. The van der Waals surface area contributed by atoms with Crippen LogP contribution in [-0.4, -0.2) is 194 Å². The van der Waals surface area contributed by atoms with Crippen molar-refractivity contribution >= 4 is 88.9 Å². The number of unbranched alkanes of at least 4 members (excludes halogenated alkanes) is 2. The van der Waals surface area contributed by atoms with Crippen LogP contribution in [0.1, 0.15) is 136 Å². The second-order valence-electron chi connectivity index (χ2n) is 21.9. The van der Waals surface area contributed by atoms with Crippen LogP contribution < -0.4 is 123 Å². The summed E-state index contributed by atoms with van der Waals surface area (Å²) in [6.45, 7) is 4.25. The molecule has 0 aliphatic carbocycles. The summed E-state index contributed by atoms with van der Waals surface area (Å²) < 4.78 is 0. The van der Waals surface area contributed by atoms with Gasteiger partial charge in [0.2, 0.25) is 53.2 Å². The smallest absolute Gasteiger partial charge is 0.326 e. The number of rotatable bonds is 50. The Hall–Kier alpha value is -9.07. The Morgan fingerprint density at radius 3 is 0.846 bits per heavy atom. The van der Waals surface area contributed by atoms with Crippen LogP contribution in [0.5, 0.6) is 0 Å². The van der Waals surface area contributed by atoms with Crippen LogP contribution in [0, 0.1) is 5.92 Å². The fourth-order valence-corrected chi connectivity index (χ4v) is 8.70. The molecular formula is C53H105N27O11. The van der Waals surface area contributed by atoms with E-state index in [2.05, 4.69) is 67.5 Å². The number of carboxylic acids is 1. The molecule has 0 aromatic carbocycles. The number of hydrogen-bond acceptors (Lipinski definition) is 18. The van der Waals surface area contributed by atoms with E-state index in [1.807, 2.05) is 0 Å². The molecule has 0 aromatic rings. The standard InChI is InChI=1S/C53H105N27O11/c1-29(2)28-38(80-45(87)32(14-4-6-22-55)74-41(83)31(13-3-5-21-54)73-40(82)30(56)12-7-23-68-49(58)59)47(89)77-34(16-9-25-70-51(62)63)43(85)78-36(19-20-39(57)81)46(88)76-33(15-8-24-69-50(60)61)42(84)75-35(17-10-26-71-52(64)65)44(86)79-37(48(90)91)18-11-27-72-53(66)67/h29-38H,3-28,54-56H2,1-2H3,(H2,57,81)(H,73,82)(H,74,83)(H,75,84)(H,76,88)(H,77,89)(H,78,85)(H,79,86)(H,80,87)(H,90,91)(H4,58,59,68)(H4,60,61,69)(H4,62,63,70)(H4,64,65,71)(H4,66,67,72)/t30-,31+,32+,33+,34-,35+,36+,37-,38+/m1/s1. The Morgan fingerprint density at radius 2 is 0.571 bits per heavy atom. The van der Waals surface area contributed by atoms with Crippen molar-refractivity contribution in [3.63, 3.8) is 0 Å². The number of nitrogens with two attached hydrogens (primary N) is 14. The summed E-state index contributed by atoms with van der Waals surface area (Å²) in [5.74, 6) is -10.7. The van der Waals surface area contributed by atoms with Crippen LogP contribution in [0.15, 0.2) is 25.0 Å². The van der Waals surface area contributed by atoms with Gasteiger partial charge in [0.1, 0.15) is 48.3 Å². The number of aliphatic imine (C=N–C) groups is 5. The molecule has 0 unspecified atom stereocenters. The van der Waals surface area contributed by atoms with E-state index in [1.165, 1.54) is 0 Å². The predicted molar refractivity (Wildman–Crippen MR) is 344 cm³/mol. The Morgan fingerprint density at radius 1 is 0.330 bits per heavy atom. The Labute approximate surface area is 530 Å². The first-order valence-electron chi connectivity index (χ1n) is 30.3. The minimum atomic E-state index is -1.65. The predicted octanol–water partition coefficient (Wildman–Crippen LogP) is -8.89. The SMILES string of the molecule is CC(C)C[C@H](NC(=O)[C@H](CCCCN)NC(=O)[C@H](CCCCN)NC(=O)[C@H](N)CCCN=C(N)N)C(=O)N[C@H](CCCN=C(N)N)C(=O)N[C@@H](CCC(N)=O)C(=O)N[C@@H](CCCN=C(N)N)C(=O)N[C@@H](CCCN=C(N)N)C(=O)N[C@H](CCCN=C(N)N)C(=O)O. The average molecular weight is 1300 g/mol. The van der Waals surface area contributed by atoms with E-state index in [4.69, 9.17) is 80.3 Å².